The molecule has 3 heterocycles. The lowest BCUT2D eigenvalue weighted by Crippen LogP contribution is -2.46. The maximum atomic E-state index is 12.8. The fraction of sp³-hybridized carbons (Fsp3) is 0.722. The normalized spacial score (nSPS) is 24.6. The van der Waals surface area contributed by atoms with Gasteiger partial charge in [-0.25, -0.2) is 0 Å². The number of rotatable bonds is 3. The number of carbonyl (C=O) groups excluding carboxylic acids is 2. The lowest BCUT2D eigenvalue weighted by molar-refractivity contribution is -0.135. The van der Waals surface area contributed by atoms with Gasteiger partial charge in [0.2, 0.25) is 5.91 Å². The van der Waals surface area contributed by atoms with Gasteiger partial charge in [-0.05, 0) is 40.2 Å². The Labute approximate surface area is 148 Å². The molecule has 0 aliphatic carbocycles. The summed E-state index contributed by atoms with van der Waals surface area (Å²) in [4.78, 5) is 28.7. The Bertz CT molecular complexity index is 655. The Morgan fingerprint density at radius 1 is 1.24 bits per heavy atom. The molecular weight excluding hydrogens is 320 g/mol. The molecule has 25 heavy (non-hydrogen) atoms. The summed E-state index contributed by atoms with van der Waals surface area (Å²) in [6.45, 7) is 10.7. The van der Waals surface area contributed by atoms with Crippen LogP contribution in [0.5, 0.6) is 0 Å². The fourth-order valence-corrected chi connectivity index (χ4v) is 3.66. The molecule has 7 nitrogen and oxygen atoms in total. The second-order valence-electron chi connectivity index (χ2n) is 7.86. The molecule has 0 radical (unpaired) electrons. The average Bonchev–Trinajstić information content (AvgIpc) is 3.16. The molecule has 2 saturated heterocycles. The quantitative estimate of drug-likeness (QED) is 0.831. The van der Waals surface area contributed by atoms with Gasteiger partial charge in [0.15, 0.2) is 0 Å². The zero-order chi connectivity index (χ0) is 18.2. The summed E-state index contributed by atoms with van der Waals surface area (Å²) in [6, 6.07) is 2.14. The van der Waals surface area contributed by atoms with E-state index >= 15 is 0 Å². The van der Waals surface area contributed by atoms with Crippen molar-refractivity contribution >= 4 is 11.8 Å². The second-order valence-corrected chi connectivity index (χ2v) is 7.86. The van der Waals surface area contributed by atoms with E-state index in [1.165, 1.54) is 0 Å². The Hall–Kier alpha value is -1.89. The molecule has 0 aromatic carbocycles. The second kappa shape index (κ2) is 6.78. The maximum absolute atomic E-state index is 12.8. The van der Waals surface area contributed by atoms with Crippen LogP contribution in [-0.4, -0.2) is 70.3 Å². The molecule has 2 fully saturated rings. The van der Waals surface area contributed by atoms with Crippen molar-refractivity contribution in [2.75, 3.05) is 32.8 Å². The Kier molecular flexibility index (Phi) is 4.86. The number of nitrogens with zero attached hydrogens (tertiary/aromatic N) is 4. The third-order valence-corrected chi connectivity index (χ3v) is 5.17. The molecule has 2 amide bonds. The standard InChI is InChI=1S/C18H28N4O3/c1-13(2)21-11-18(12-25-9-16(21)23)6-8-20(10-18)17(24)15-5-7-22(19-15)14(3)4/h5,7,13-14H,6,8-12H2,1-4H3. The van der Waals surface area contributed by atoms with E-state index < -0.39 is 0 Å². The van der Waals surface area contributed by atoms with Crippen molar-refractivity contribution in [3.8, 4) is 0 Å². The van der Waals surface area contributed by atoms with Gasteiger partial charge in [-0.3, -0.25) is 14.3 Å². The van der Waals surface area contributed by atoms with Crippen molar-refractivity contribution in [1.29, 1.82) is 0 Å². The van der Waals surface area contributed by atoms with Crippen LogP contribution in [0.1, 0.15) is 50.6 Å². The van der Waals surface area contributed by atoms with Crippen LogP contribution < -0.4 is 0 Å². The molecule has 1 atom stereocenters. The van der Waals surface area contributed by atoms with Crippen molar-refractivity contribution in [3.63, 3.8) is 0 Å². The van der Waals surface area contributed by atoms with Gasteiger partial charge < -0.3 is 14.5 Å². The molecule has 1 unspecified atom stereocenters. The lowest BCUT2D eigenvalue weighted by Gasteiger charge is -2.34. The summed E-state index contributed by atoms with van der Waals surface area (Å²) in [5.74, 6) is -0.00438. The summed E-state index contributed by atoms with van der Waals surface area (Å²) >= 11 is 0. The summed E-state index contributed by atoms with van der Waals surface area (Å²) in [5.41, 5.74) is 0.310. The average molecular weight is 348 g/mol. The van der Waals surface area contributed by atoms with Crippen LogP contribution in [0.15, 0.2) is 12.3 Å². The zero-order valence-corrected chi connectivity index (χ0v) is 15.6. The Morgan fingerprint density at radius 2 is 2.00 bits per heavy atom. The summed E-state index contributed by atoms with van der Waals surface area (Å²) in [5, 5.41) is 4.39. The van der Waals surface area contributed by atoms with Gasteiger partial charge in [-0.1, -0.05) is 0 Å². The lowest BCUT2D eigenvalue weighted by atomic mass is 9.87. The van der Waals surface area contributed by atoms with Gasteiger partial charge in [0.05, 0.1) is 6.61 Å². The minimum Gasteiger partial charge on any atom is -0.371 e. The van der Waals surface area contributed by atoms with Gasteiger partial charge >= 0.3 is 0 Å². The first kappa shape index (κ1) is 17.9. The number of amides is 2. The van der Waals surface area contributed by atoms with Crippen molar-refractivity contribution in [2.24, 2.45) is 5.41 Å². The van der Waals surface area contributed by atoms with Gasteiger partial charge in [0.1, 0.15) is 12.3 Å². The first-order valence-electron chi connectivity index (χ1n) is 9.03. The Balaban J connectivity index is 1.73. The van der Waals surface area contributed by atoms with E-state index in [1.807, 2.05) is 43.7 Å². The van der Waals surface area contributed by atoms with Crippen LogP contribution in [0.3, 0.4) is 0 Å². The van der Waals surface area contributed by atoms with E-state index in [1.54, 1.807) is 10.7 Å². The summed E-state index contributed by atoms with van der Waals surface area (Å²) < 4.78 is 7.44. The minimum absolute atomic E-state index is 0.0346. The first-order chi connectivity index (χ1) is 11.8. The highest BCUT2D eigenvalue weighted by atomic mass is 16.5. The zero-order valence-electron chi connectivity index (χ0n) is 15.6. The van der Waals surface area contributed by atoms with Gasteiger partial charge in [-0.15, -0.1) is 0 Å². The summed E-state index contributed by atoms with van der Waals surface area (Å²) in [7, 11) is 0. The van der Waals surface area contributed by atoms with Crippen molar-refractivity contribution in [1.82, 2.24) is 19.6 Å². The van der Waals surface area contributed by atoms with E-state index in [9.17, 15) is 9.59 Å². The number of likely N-dealkylation sites (tertiary alicyclic amines) is 1. The number of carbonyl (C=O) groups is 2. The Morgan fingerprint density at radius 3 is 2.64 bits per heavy atom. The number of hydrogen-bond acceptors (Lipinski definition) is 4. The number of hydrogen-bond donors (Lipinski definition) is 0. The molecule has 0 saturated carbocycles. The third kappa shape index (κ3) is 3.56. The van der Waals surface area contributed by atoms with E-state index in [0.29, 0.717) is 31.9 Å². The maximum Gasteiger partial charge on any atom is 0.274 e. The van der Waals surface area contributed by atoms with Crippen LogP contribution >= 0.6 is 0 Å². The molecule has 1 spiro atoms. The van der Waals surface area contributed by atoms with Crippen LogP contribution in [0.25, 0.3) is 0 Å². The van der Waals surface area contributed by atoms with Crippen molar-refractivity contribution in [3.05, 3.63) is 18.0 Å². The molecule has 7 heteroatoms. The van der Waals surface area contributed by atoms with E-state index in [2.05, 4.69) is 5.10 Å². The first-order valence-corrected chi connectivity index (χ1v) is 9.03. The van der Waals surface area contributed by atoms with Crippen LogP contribution in [0.2, 0.25) is 0 Å². The molecule has 0 N–H and O–H groups in total. The fourth-order valence-electron chi connectivity index (χ4n) is 3.66. The van der Waals surface area contributed by atoms with E-state index in [4.69, 9.17) is 4.74 Å². The van der Waals surface area contributed by atoms with Crippen LogP contribution in [0.4, 0.5) is 0 Å². The van der Waals surface area contributed by atoms with E-state index in [0.717, 1.165) is 6.42 Å². The van der Waals surface area contributed by atoms with Crippen LogP contribution in [-0.2, 0) is 9.53 Å². The number of aromatic nitrogens is 2. The molecule has 1 aromatic heterocycles. The van der Waals surface area contributed by atoms with Gasteiger partial charge in [0.25, 0.3) is 5.91 Å². The van der Waals surface area contributed by atoms with Gasteiger partial charge in [-0.2, -0.15) is 5.10 Å². The third-order valence-electron chi connectivity index (χ3n) is 5.17. The SMILES string of the molecule is CC(C)N1CC2(CCN(C(=O)c3ccn(C(C)C)n3)C2)COCC1=O. The molecule has 3 rings (SSSR count). The molecule has 138 valence electrons. The van der Waals surface area contributed by atoms with E-state index in [-0.39, 0.29) is 35.9 Å². The number of ether oxygens (including phenoxy) is 1. The monoisotopic (exact) mass is 348 g/mol. The predicted octanol–water partition coefficient (Wildman–Crippen LogP) is 1.56. The van der Waals surface area contributed by atoms with Crippen LogP contribution in [0, 0.1) is 5.41 Å². The predicted molar refractivity (Wildman–Crippen MR) is 93.2 cm³/mol. The molecule has 2 aliphatic heterocycles. The molecule has 2 aliphatic rings. The summed E-state index contributed by atoms with van der Waals surface area (Å²) in [6.07, 6.45) is 2.69. The van der Waals surface area contributed by atoms with Gasteiger partial charge in [0, 0.05) is 43.3 Å². The molecule has 1 aromatic rings. The van der Waals surface area contributed by atoms with Crippen molar-refractivity contribution < 1.29 is 14.3 Å². The highest BCUT2D eigenvalue weighted by Gasteiger charge is 2.44. The smallest absolute Gasteiger partial charge is 0.274 e. The van der Waals surface area contributed by atoms with Crippen molar-refractivity contribution in [2.45, 2.75) is 46.2 Å². The highest BCUT2D eigenvalue weighted by molar-refractivity contribution is 5.92. The highest BCUT2D eigenvalue weighted by Crippen LogP contribution is 2.34. The topological polar surface area (TPSA) is 67.7 Å². The largest absolute Gasteiger partial charge is 0.371 e. The minimum atomic E-state index is -0.174. The molecular formula is C18H28N4O3. The molecule has 0 bridgehead atoms.